The number of carbonyl (C=O) groups excluding carboxylic acids is 1. The highest BCUT2D eigenvalue weighted by Crippen LogP contribution is 2.29. The molecule has 1 aliphatic heterocycles. The molecule has 2 aromatic heterocycles. The molecule has 22 heavy (non-hydrogen) atoms. The molecule has 3 heterocycles. The predicted octanol–water partition coefficient (Wildman–Crippen LogP) is 2.97. The number of nitrogens with zero attached hydrogens (tertiary/aromatic N) is 3. The van der Waals surface area contributed by atoms with E-state index in [1.165, 1.54) is 11.3 Å². The summed E-state index contributed by atoms with van der Waals surface area (Å²) in [4.78, 5) is 16.6. The number of rotatable bonds is 4. The number of aryl methyl sites for hydroxylation is 2. The standard InChI is InChI=1S/C16H23N3O2S/c1-4-8-21-12-6-5-7-19(10-12)15(20)14-9-13-11(2)17-18(3)16(13)22-14/h9,12H,4-8,10H2,1-3H3/t12-/m1/s1. The van der Waals surface area contributed by atoms with Crippen LogP contribution in [0.2, 0.25) is 0 Å². The van der Waals surface area contributed by atoms with Crippen molar-refractivity contribution in [2.45, 2.75) is 39.2 Å². The molecule has 1 amide bonds. The molecule has 0 aromatic carbocycles. The van der Waals surface area contributed by atoms with Crippen molar-refractivity contribution in [3.63, 3.8) is 0 Å². The Morgan fingerprint density at radius 3 is 3.09 bits per heavy atom. The zero-order valence-corrected chi connectivity index (χ0v) is 14.3. The summed E-state index contributed by atoms with van der Waals surface area (Å²) in [7, 11) is 1.93. The van der Waals surface area contributed by atoms with Gasteiger partial charge in [-0.2, -0.15) is 5.10 Å². The van der Waals surface area contributed by atoms with Crippen LogP contribution >= 0.6 is 11.3 Å². The third kappa shape index (κ3) is 2.90. The van der Waals surface area contributed by atoms with E-state index in [0.717, 1.165) is 53.2 Å². The smallest absolute Gasteiger partial charge is 0.264 e. The van der Waals surface area contributed by atoms with Gasteiger partial charge in [-0.15, -0.1) is 11.3 Å². The molecule has 0 spiro atoms. The summed E-state index contributed by atoms with van der Waals surface area (Å²) in [5, 5.41) is 5.48. The molecule has 1 fully saturated rings. The van der Waals surface area contributed by atoms with Crippen LogP contribution in [0.4, 0.5) is 0 Å². The number of likely N-dealkylation sites (tertiary alicyclic amines) is 1. The van der Waals surface area contributed by atoms with Gasteiger partial charge in [0.1, 0.15) is 4.83 Å². The third-order valence-corrected chi connectivity index (χ3v) is 5.32. The van der Waals surface area contributed by atoms with Crippen LogP contribution in [0.15, 0.2) is 6.07 Å². The van der Waals surface area contributed by atoms with Crippen molar-refractivity contribution in [2.24, 2.45) is 7.05 Å². The highest BCUT2D eigenvalue weighted by molar-refractivity contribution is 7.20. The highest BCUT2D eigenvalue weighted by atomic mass is 32.1. The van der Waals surface area contributed by atoms with E-state index in [9.17, 15) is 4.79 Å². The first kappa shape index (κ1) is 15.5. The number of ether oxygens (including phenoxy) is 1. The van der Waals surface area contributed by atoms with Crippen LogP contribution in [0.1, 0.15) is 41.6 Å². The summed E-state index contributed by atoms with van der Waals surface area (Å²) in [5.74, 6) is 0.130. The first-order valence-electron chi connectivity index (χ1n) is 7.94. The molecule has 5 nitrogen and oxygen atoms in total. The number of amides is 1. The van der Waals surface area contributed by atoms with Crippen molar-refractivity contribution in [1.82, 2.24) is 14.7 Å². The Morgan fingerprint density at radius 2 is 2.36 bits per heavy atom. The number of hydrogen-bond donors (Lipinski definition) is 0. The molecule has 0 radical (unpaired) electrons. The molecule has 1 saturated heterocycles. The van der Waals surface area contributed by atoms with Crippen molar-refractivity contribution >= 4 is 27.5 Å². The fourth-order valence-corrected chi connectivity index (χ4v) is 4.10. The van der Waals surface area contributed by atoms with E-state index in [-0.39, 0.29) is 12.0 Å². The molecular weight excluding hydrogens is 298 g/mol. The second kappa shape index (κ2) is 6.38. The molecule has 0 saturated carbocycles. The summed E-state index contributed by atoms with van der Waals surface area (Å²) in [5.41, 5.74) is 0.982. The summed E-state index contributed by atoms with van der Waals surface area (Å²) < 4.78 is 7.68. The van der Waals surface area contributed by atoms with E-state index in [0.29, 0.717) is 6.54 Å². The molecule has 0 unspecified atom stereocenters. The average Bonchev–Trinajstić information content (AvgIpc) is 3.07. The maximum Gasteiger partial charge on any atom is 0.264 e. The Bertz CT molecular complexity index is 642. The Balaban J connectivity index is 1.75. The van der Waals surface area contributed by atoms with E-state index in [1.807, 2.05) is 29.6 Å². The van der Waals surface area contributed by atoms with E-state index in [2.05, 4.69) is 12.0 Å². The maximum atomic E-state index is 12.8. The Hall–Kier alpha value is -1.40. The molecule has 120 valence electrons. The van der Waals surface area contributed by atoms with Crippen molar-refractivity contribution in [1.29, 1.82) is 0 Å². The molecule has 1 aliphatic rings. The van der Waals surface area contributed by atoms with Crippen LogP contribution in [0, 0.1) is 6.92 Å². The van der Waals surface area contributed by atoms with Crippen molar-refractivity contribution < 1.29 is 9.53 Å². The van der Waals surface area contributed by atoms with Gasteiger partial charge in [-0.3, -0.25) is 9.48 Å². The van der Waals surface area contributed by atoms with Crippen LogP contribution in [0.25, 0.3) is 10.2 Å². The van der Waals surface area contributed by atoms with Gasteiger partial charge in [0.05, 0.1) is 16.7 Å². The number of fused-ring (bicyclic) bond motifs is 1. The molecule has 2 aromatic rings. The molecule has 6 heteroatoms. The number of hydrogen-bond acceptors (Lipinski definition) is 4. The molecular formula is C16H23N3O2S. The first-order valence-corrected chi connectivity index (χ1v) is 8.75. The van der Waals surface area contributed by atoms with Crippen LogP contribution in [-0.2, 0) is 11.8 Å². The lowest BCUT2D eigenvalue weighted by molar-refractivity contribution is 0.00227. The summed E-state index contributed by atoms with van der Waals surface area (Å²) in [6.45, 7) is 6.42. The second-order valence-corrected chi connectivity index (χ2v) is 6.96. The number of aromatic nitrogens is 2. The minimum absolute atomic E-state index is 0.130. The van der Waals surface area contributed by atoms with Crippen molar-refractivity contribution in [3.8, 4) is 0 Å². The van der Waals surface area contributed by atoms with Gasteiger partial charge < -0.3 is 9.64 Å². The summed E-state index contributed by atoms with van der Waals surface area (Å²) >= 11 is 1.53. The minimum atomic E-state index is 0.130. The van der Waals surface area contributed by atoms with Gasteiger partial charge in [0.25, 0.3) is 5.91 Å². The summed E-state index contributed by atoms with van der Waals surface area (Å²) in [6, 6.07) is 1.99. The minimum Gasteiger partial charge on any atom is -0.376 e. The van der Waals surface area contributed by atoms with E-state index in [1.54, 1.807) is 0 Å². The van der Waals surface area contributed by atoms with Crippen molar-refractivity contribution in [3.05, 3.63) is 16.6 Å². The van der Waals surface area contributed by atoms with Crippen molar-refractivity contribution in [2.75, 3.05) is 19.7 Å². The fraction of sp³-hybridized carbons (Fsp3) is 0.625. The van der Waals surface area contributed by atoms with Gasteiger partial charge in [-0.1, -0.05) is 6.92 Å². The van der Waals surface area contributed by atoms with Gasteiger partial charge >= 0.3 is 0 Å². The largest absolute Gasteiger partial charge is 0.376 e. The van der Waals surface area contributed by atoms with E-state index in [4.69, 9.17) is 4.74 Å². The fourth-order valence-electron chi connectivity index (χ4n) is 3.01. The van der Waals surface area contributed by atoms with Gasteiger partial charge in [-0.05, 0) is 32.3 Å². The Kier molecular flexibility index (Phi) is 4.49. The lowest BCUT2D eigenvalue weighted by Crippen LogP contribution is -2.43. The van der Waals surface area contributed by atoms with Gasteiger partial charge in [0.2, 0.25) is 0 Å². The zero-order chi connectivity index (χ0) is 15.7. The SMILES string of the molecule is CCCO[C@@H]1CCCN(C(=O)c2cc3c(C)nn(C)c3s2)C1. The quantitative estimate of drug-likeness (QED) is 0.870. The first-order chi connectivity index (χ1) is 10.6. The number of thiophene rings is 1. The molecule has 1 atom stereocenters. The highest BCUT2D eigenvalue weighted by Gasteiger charge is 2.26. The molecule has 0 aliphatic carbocycles. The van der Waals surface area contributed by atoms with Gasteiger partial charge in [-0.25, -0.2) is 0 Å². The van der Waals surface area contributed by atoms with Crippen LogP contribution in [-0.4, -0.2) is 46.4 Å². The lowest BCUT2D eigenvalue weighted by Gasteiger charge is -2.32. The topological polar surface area (TPSA) is 47.4 Å². The number of carbonyl (C=O) groups is 1. The molecule has 0 N–H and O–H groups in total. The normalized spacial score (nSPS) is 19.0. The molecule has 0 bridgehead atoms. The van der Waals surface area contributed by atoms with E-state index >= 15 is 0 Å². The maximum absolute atomic E-state index is 12.8. The van der Waals surface area contributed by atoms with Gasteiger partial charge in [0.15, 0.2) is 0 Å². The Labute approximate surface area is 134 Å². The lowest BCUT2D eigenvalue weighted by atomic mass is 10.1. The third-order valence-electron chi connectivity index (χ3n) is 4.13. The monoisotopic (exact) mass is 321 g/mol. The zero-order valence-electron chi connectivity index (χ0n) is 13.5. The van der Waals surface area contributed by atoms with Crippen LogP contribution < -0.4 is 0 Å². The molecule has 3 rings (SSSR count). The predicted molar refractivity (Wildman–Crippen MR) is 88.5 cm³/mol. The average molecular weight is 321 g/mol. The second-order valence-electron chi connectivity index (χ2n) is 5.92. The number of piperidine rings is 1. The van der Waals surface area contributed by atoms with Crippen LogP contribution in [0.3, 0.4) is 0 Å². The van der Waals surface area contributed by atoms with Gasteiger partial charge in [0, 0.05) is 32.1 Å². The summed E-state index contributed by atoms with van der Waals surface area (Å²) in [6.07, 6.45) is 3.29. The van der Waals surface area contributed by atoms with E-state index < -0.39 is 0 Å². The Morgan fingerprint density at radius 1 is 1.55 bits per heavy atom. The van der Waals surface area contributed by atoms with Crippen LogP contribution in [0.5, 0.6) is 0 Å².